The number of aliphatic carboxylic acids is 1. The number of hydrogen-bond donors (Lipinski definition) is 1. The summed E-state index contributed by atoms with van der Waals surface area (Å²) in [5.74, 6) is -0.449. The highest BCUT2D eigenvalue weighted by molar-refractivity contribution is 5.86. The molecule has 0 aromatic heterocycles. The summed E-state index contributed by atoms with van der Waals surface area (Å²) in [5.41, 5.74) is 1.02. The maximum Gasteiger partial charge on any atom is 0.326 e. The molecule has 0 saturated carbocycles. The van der Waals surface area contributed by atoms with Crippen LogP contribution in [0.3, 0.4) is 0 Å². The molecule has 1 unspecified atom stereocenters. The third-order valence-electron chi connectivity index (χ3n) is 4.05. The Bertz CT molecular complexity index is 542. The van der Waals surface area contributed by atoms with E-state index in [2.05, 4.69) is 0 Å². The number of ether oxygens (including phenoxy) is 1. The minimum absolute atomic E-state index is 0.0931. The number of nitrogens with zero attached hydrogens (tertiary/aromatic N) is 1. The molecule has 5 heteroatoms. The van der Waals surface area contributed by atoms with Gasteiger partial charge in [-0.1, -0.05) is 18.2 Å². The second-order valence-corrected chi connectivity index (χ2v) is 5.35. The van der Waals surface area contributed by atoms with Crippen LogP contribution in [-0.4, -0.2) is 41.1 Å². The SMILES string of the molecule is O=C(O)[C@@H]1CCCN1C(=O)C1COc2ccccc2C1. The average molecular weight is 275 g/mol. The van der Waals surface area contributed by atoms with Crippen LogP contribution in [0.2, 0.25) is 0 Å². The number of carbonyl (C=O) groups is 2. The summed E-state index contributed by atoms with van der Waals surface area (Å²) in [6, 6.07) is 7.01. The molecule has 2 aliphatic rings. The Morgan fingerprint density at radius 1 is 1.30 bits per heavy atom. The number of rotatable bonds is 2. The molecule has 0 aliphatic carbocycles. The maximum atomic E-state index is 12.5. The van der Waals surface area contributed by atoms with E-state index in [1.54, 1.807) is 0 Å². The molecule has 3 rings (SSSR count). The zero-order valence-corrected chi connectivity index (χ0v) is 11.1. The first-order chi connectivity index (χ1) is 9.66. The normalized spacial score (nSPS) is 24.9. The standard InChI is InChI=1S/C15H17NO4/c17-14(16-7-3-5-12(16)15(18)19)11-8-10-4-1-2-6-13(10)20-9-11/h1-2,4,6,11-12H,3,5,7-9H2,(H,18,19)/t11?,12-/m0/s1. The van der Waals surface area contributed by atoms with Crippen LogP contribution in [0.4, 0.5) is 0 Å². The van der Waals surface area contributed by atoms with Gasteiger partial charge in [-0.25, -0.2) is 4.79 Å². The van der Waals surface area contributed by atoms with Crippen LogP contribution in [0.1, 0.15) is 18.4 Å². The molecule has 1 aromatic carbocycles. The van der Waals surface area contributed by atoms with Crippen molar-refractivity contribution in [1.29, 1.82) is 0 Å². The van der Waals surface area contributed by atoms with Gasteiger partial charge >= 0.3 is 5.97 Å². The predicted molar refractivity (Wildman–Crippen MR) is 71.5 cm³/mol. The molecule has 1 N–H and O–H groups in total. The van der Waals surface area contributed by atoms with Crippen LogP contribution in [0.5, 0.6) is 5.75 Å². The Balaban J connectivity index is 1.74. The summed E-state index contributed by atoms with van der Waals surface area (Å²) in [6.07, 6.45) is 1.93. The highest BCUT2D eigenvalue weighted by Crippen LogP contribution is 2.29. The van der Waals surface area contributed by atoms with Crippen LogP contribution in [0.15, 0.2) is 24.3 Å². The summed E-state index contributed by atoms with van der Waals surface area (Å²) in [5, 5.41) is 9.16. The number of amides is 1. The van der Waals surface area contributed by atoms with Crippen LogP contribution in [0, 0.1) is 5.92 Å². The zero-order valence-electron chi connectivity index (χ0n) is 11.1. The van der Waals surface area contributed by atoms with E-state index in [0.29, 0.717) is 26.0 Å². The fraction of sp³-hybridized carbons (Fsp3) is 0.467. The molecule has 0 bridgehead atoms. The third-order valence-corrected chi connectivity index (χ3v) is 4.05. The number of benzene rings is 1. The topological polar surface area (TPSA) is 66.8 Å². The van der Waals surface area contributed by atoms with Crippen molar-refractivity contribution >= 4 is 11.9 Å². The van der Waals surface area contributed by atoms with Crippen molar-refractivity contribution in [2.45, 2.75) is 25.3 Å². The van der Waals surface area contributed by atoms with Gasteiger partial charge in [-0.15, -0.1) is 0 Å². The largest absolute Gasteiger partial charge is 0.492 e. The van der Waals surface area contributed by atoms with Crippen LogP contribution in [-0.2, 0) is 16.0 Å². The molecular formula is C15H17NO4. The number of carbonyl (C=O) groups excluding carboxylic acids is 1. The first-order valence-corrected chi connectivity index (χ1v) is 6.91. The van der Waals surface area contributed by atoms with E-state index in [9.17, 15) is 9.59 Å². The summed E-state index contributed by atoms with van der Waals surface area (Å²) >= 11 is 0. The van der Waals surface area contributed by atoms with E-state index in [0.717, 1.165) is 17.7 Å². The molecule has 2 aliphatic heterocycles. The molecule has 0 spiro atoms. The summed E-state index contributed by atoms with van der Waals surface area (Å²) in [7, 11) is 0. The number of para-hydroxylation sites is 1. The number of carboxylic acids is 1. The Morgan fingerprint density at radius 3 is 2.90 bits per heavy atom. The van der Waals surface area contributed by atoms with Crippen molar-refractivity contribution in [1.82, 2.24) is 4.90 Å². The summed E-state index contributed by atoms with van der Waals surface area (Å²) < 4.78 is 5.62. The highest BCUT2D eigenvalue weighted by atomic mass is 16.5. The lowest BCUT2D eigenvalue weighted by Crippen LogP contribution is -2.46. The Hall–Kier alpha value is -2.04. The van der Waals surface area contributed by atoms with E-state index in [1.807, 2.05) is 24.3 Å². The van der Waals surface area contributed by atoms with E-state index in [1.165, 1.54) is 4.90 Å². The highest BCUT2D eigenvalue weighted by Gasteiger charge is 2.38. The van der Waals surface area contributed by atoms with Gasteiger partial charge in [0.25, 0.3) is 0 Å². The molecule has 20 heavy (non-hydrogen) atoms. The van der Waals surface area contributed by atoms with Gasteiger partial charge in [0.15, 0.2) is 0 Å². The van der Waals surface area contributed by atoms with Crippen LogP contribution >= 0.6 is 0 Å². The molecule has 2 atom stereocenters. The molecule has 2 heterocycles. The smallest absolute Gasteiger partial charge is 0.326 e. The van der Waals surface area contributed by atoms with Gasteiger partial charge in [0, 0.05) is 6.54 Å². The Labute approximate surface area is 117 Å². The first kappa shape index (κ1) is 13.0. The van der Waals surface area contributed by atoms with Crippen LogP contribution < -0.4 is 4.74 Å². The van der Waals surface area contributed by atoms with E-state index < -0.39 is 12.0 Å². The van der Waals surface area contributed by atoms with E-state index in [-0.39, 0.29) is 11.8 Å². The Morgan fingerprint density at radius 2 is 2.10 bits per heavy atom. The van der Waals surface area contributed by atoms with Crippen molar-refractivity contribution < 1.29 is 19.4 Å². The van der Waals surface area contributed by atoms with Crippen molar-refractivity contribution in [2.24, 2.45) is 5.92 Å². The Kier molecular flexibility index (Phi) is 3.34. The molecule has 0 radical (unpaired) electrons. The summed E-state index contributed by atoms with van der Waals surface area (Å²) in [4.78, 5) is 25.2. The van der Waals surface area contributed by atoms with Gasteiger partial charge in [-0.2, -0.15) is 0 Å². The van der Waals surface area contributed by atoms with Crippen molar-refractivity contribution in [2.75, 3.05) is 13.2 Å². The molecular weight excluding hydrogens is 258 g/mol. The second-order valence-electron chi connectivity index (χ2n) is 5.35. The predicted octanol–water partition coefficient (Wildman–Crippen LogP) is 1.31. The average Bonchev–Trinajstić information content (AvgIpc) is 2.95. The number of hydrogen-bond acceptors (Lipinski definition) is 3. The molecule has 5 nitrogen and oxygen atoms in total. The summed E-state index contributed by atoms with van der Waals surface area (Å²) in [6.45, 7) is 0.868. The van der Waals surface area contributed by atoms with Crippen molar-refractivity contribution in [3.8, 4) is 5.75 Å². The lowest BCUT2D eigenvalue weighted by molar-refractivity contribution is -0.150. The number of fused-ring (bicyclic) bond motifs is 1. The third kappa shape index (κ3) is 2.24. The van der Waals surface area contributed by atoms with Gasteiger partial charge in [0.2, 0.25) is 5.91 Å². The van der Waals surface area contributed by atoms with Gasteiger partial charge in [-0.05, 0) is 30.9 Å². The second kappa shape index (κ2) is 5.15. The lowest BCUT2D eigenvalue weighted by Gasteiger charge is -2.30. The van der Waals surface area contributed by atoms with Crippen molar-refractivity contribution in [3.05, 3.63) is 29.8 Å². The lowest BCUT2D eigenvalue weighted by atomic mass is 9.95. The van der Waals surface area contributed by atoms with E-state index in [4.69, 9.17) is 9.84 Å². The van der Waals surface area contributed by atoms with Gasteiger partial charge in [-0.3, -0.25) is 4.79 Å². The molecule has 1 amide bonds. The number of likely N-dealkylation sites (tertiary alicyclic amines) is 1. The first-order valence-electron chi connectivity index (χ1n) is 6.91. The van der Waals surface area contributed by atoms with Crippen LogP contribution in [0.25, 0.3) is 0 Å². The quantitative estimate of drug-likeness (QED) is 0.883. The molecule has 106 valence electrons. The van der Waals surface area contributed by atoms with Gasteiger partial charge < -0.3 is 14.7 Å². The molecule has 1 saturated heterocycles. The minimum atomic E-state index is -0.909. The molecule has 1 aromatic rings. The fourth-order valence-corrected chi connectivity index (χ4v) is 3.01. The number of carboxylic acid groups (broad SMARTS) is 1. The van der Waals surface area contributed by atoms with E-state index >= 15 is 0 Å². The fourth-order valence-electron chi connectivity index (χ4n) is 3.01. The van der Waals surface area contributed by atoms with Gasteiger partial charge in [0.1, 0.15) is 18.4 Å². The van der Waals surface area contributed by atoms with Crippen molar-refractivity contribution in [3.63, 3.8) is 0 Å². The maximum absolute atomic E-state index is 12.5. The van der Waals surface area contributed by atoms with Gasteiger partial charge in [0.05, 0.1) is 5.92 Å². The zero-order chi connectivity index (χ0) is 14.1. The minimum Gasteiger partial charge on any atom is -0.492 e. The molecule has 1 fully saturated rings. The monoisotopic (exact) mass is 275 g/mol.